The van der Waals surface area contributed by atoms with Gasteiger partial charge in [-0.15, -0.1) is 0 Å². The van der Waals surface area contributed by atoms with Gasteiger partial charge in [0.2, 0.25) is 5.91 Å². The first kappa shape index (κ1) is 17.2. The molecule has 0 atom stereocenters. The van der Waals surface area contributed by atoms with Gasteiger partial charge in [0, 0.05) is 22.2 Å². The molecule has 1 heterocycles. The highest BCUT2D eigenvalue weighted by atomic mass is 35.5. The van der Waals surface area contributed by atoms with Gasteiger partial charge < -0.3 is 15.2 Å². The minimum Gasteiger partial charge on any atom is -0.393 e. The molecular formula is C20H22ClN3O3. The van der Waals surface area contributed by atoms with Crippen LogP contribution in [0.3, 0.4) is 0 Å². The lowest BCUT2D eigenvalue weighted by Gasteiger charge is -2.70. The minimum absolute atomic E-state index is 0.0313. The van der Waals surface area contributed by atoms with Crippen LogP contribution in [-0.2, 0) is 14.9 Å². The third-order valence-electron chi connectivity index (χ3n) is 6.24. The van der Waals surface area contributed by atoms with E-state index in [2.05, 4.69) is 16.6 Å². The average molecular weight is 388 g/mol. The van der Waals surface area contributed by atoms with Crippen molar-refractivity contribution >= 4 is 17.5 Å². The maximum Gasteiger partial charge on any atom is 0.246 e. The van der Waals surface area contributed by atoms with Gasteiger partial charge in [-0.2, -0.15) is 5.10 Å². The lowest BCUT2D eigenvalue weighted by atomic mass is 9.37. The lowest BCUT2D eigenvalue weighted by molar-refractivity contribution is -0.148. The standard InChI is InChI=1S/C20H22ClN3O3/c21-14-1-3-15(4-2-14)24-8-13(7-22-24)19-10-20(11-19,12-19)23-18(26)9-27-17-5-16(25)6-17/h1-4,7-8,16-17,25H,5-6,9-12H2,(H,23,26). The van der Waals surface area contributed by atoms with Crippen LogP contribution in [0.1, 0.15) is 37.7 Å². The van der Waals surface area contributed by atoms with Gasteiger partial charge >= 0.3 is 0 Å². The van der Waals surface area contributed by atoms with Crippen LogP contribution < -0.4 is 5.32 Å². The third-order valence-corrected chi connectivity index (χ3v) is 6.49. The predicted octanol–water partition coefficient (Wildman–Crippen LogP) is 2.36. The van der Waals surface area contributed by atoms with Crippen molar-refractivity contribution in [3.63, 3.8) is 0 Å². The Morgan fingerprint density at radius 3 is 2.67 bits per heavy atom. The van der Waals surface area contributed by atoms with E-state index in [0.717, 1.165) is 24.9 Å². The molecule has 1 aromatic carbocycles. The fourth-order valence-corrected chi connectivity index (χ4v) is 4.88. The van der Waals surface area contributed by atoms with E-state index in [1.54, 1.807) is 0 Å². The van der Waals surface area contributed by atoms with Gasteiger partial charge in [0.15, 0.2) is 0 Å². The first-order chi connectivity index (χ1) is 13.0. The summed E-state index contributed by atoms with van der Waals surface area (Å²) in [5.41, 5.74) is 2.30. The van der Waals surface area contributed by atoms with Crippen molar-refractivity contribution in [3.8, 4) is 5.69 Å². The number of nitrogens with one attached hydrogen (secondary N) is 1. The van der Waals surface area contributed by atoms with E-state index < -0.39 is 0 Å². The zero-order chi connectivity index (χ0) is 18.6. The molecule has 2 N–H and O–H groups in total. The fraction of sp³-hybridized carbons (Fsp3) is 0.500. The fourth-order valence-electron chi connectivity index (χ4n) is 4.76. The summed E-state index contributed by atoms with van der Waals surface area (Å²) in [5.74, 6) is -0.0541. The topological polar surface area (TPSA) is 76.4 Å². The summed E-state index contributed by atoms with van der Waals surface area (Å²) in [4.78, 5) is 12.1. The molecule has 1 amide bonds. The quantitative estimate of drug-likeness (QED) is 0.797. The van der Waals surface area contributed by atoms with E-state index in [4.69, 9.17) is 16.3 Å². The Hall–Kier alpha value is -1.89. The van der Waals surface area contributed by atoms with Crippen molar-refractivity contribution in [2.24, 2.45) is 0 Å². The van der Waals surface area contributed by atoms with Crippen molar-refractivity contribution in [2.45, 2.75) is 55.3 Å². The molecule has 2 bridgehead atoms. The molecule has 6 nitrogen and oxygen atoms in total. The Bertz CT molecular complexity index is 853. The number of rotatable bonds is 6. The van der Waals surface area contributed by atoms with Gasteiger partial charge in [0.05, 0.1) is 24.1 Å². The highest BCUT2D eigenvalue weighted by molar-refractivity contribution is 6.30. The van der Waals surface area contributed by atoms with Crippen molar-refractivity contribution in [2.75, 3.05) is 6.61 Å². The van der Waals surface area contributed by atoms with Gasteiger partial charge in [0.25, 0.3) is 0 Å². The number of benzene rings is 1. The summed E-state index contributed by atoms with van der Waals surface area (Å²) >= 11 is 5.95. The number of aliphatic hydroxyl groups excluding tert-OH is 1. The normalized spacial score (nSPS) is 33.6. The molecule has 0 unspecified atom stereocenters. The first-order valence-electron chi connectivity index (χ1n) is 9.37. The Morgan fingerprint density at radius 2 is 2.00 bits per heavy atom. The molecule has 0 radical (unpaired) electrons. The van der Waals surface area contributed by atoms with Crippen LogP contribution in [0.2, 0.25) is 5.02 Å². The number of halogens is 1. The molecule has 7 heteroatoms. The van der Waals surface area contributed by atoms with Crippen LogP contribution in [-0.4, -0.2) is 45.1 Å². The van der Waals surface area contributed by atoms with Crippen molar-refractivity contribution in [1.29, 1.82) is 0 Å². The van der Waals surface area contributed by atoms with Crippen molar-refractivity contribution in [1.82, 2.24) is 15.1 Å². The van der Waals surface area contributed by atoms with Crippen LogP contribution in [0, 0.1) is 0 Å². The van der Waals surface area contributed by atoms with Crippen LogP contribution in [0.5, 0.6) is 0 Å². The van der Waals surface area contributed by atoms with Crippen molar-refractivity contribution in [3.05, 3.63) is 47.2 Å². The Labute approximate surface area is 162 Å². The molecule has 4 fully saturated rings. The SMILES string of the molecule is O=C(COC1CC(O)C1)NC12CC(c3cnn(-c4ccc(Cl)cc4)c3)(C1)C2. The maximum atomic E-state index is 12.1. The molecule has 2 aromatic rings. The molecule has 0 saturated heterocycles. The van der Waals surface area contributed by atoms with Crippen LogP contribution >= 0.6 is 11.6 Å². The molecule has 4 saturated carbocycles. The summed E-state index contributed by atoms with van der Waals surface area (Å²) in [6.45, 7) is 0.0840. The zero-order valence-electron chi connectivity index (χ0n) is 14.9. The van der Waals surface area contributed by atoms with E-state index >= 15 is 0 Å². The van der Waals surface area contributed by atoms with E-state index in [1.165, 1.54) is 5.56 Å². The summed E-state index contributed by atoms with van der Waals surface area (Å²) in [7, 11) is 0. The Balaban J connectivity index is 1.15. The number of nitrogens with zero attached hydrogens (tertiary/aromatic N) is 2. The molecular weight excluding hydrogens is 366 g/mol. The molecule has 0 aliphatic heterocycles. The van der Waals surface area contributed by atoms with Gasteiger partial charge in [-0.25, -0.2) is 4.68 Å². The molecule has 4 aliphatic carbocycles. The molecule has 4 aliphatic rings. The number of carbonyl (C=O) groups excluding carboxylic acids is 1. The number of aromatic nitrogens is 2. The highest BCUT2D eigenvalue weighted by Gasteiger charge is 2.69. The first-order valence-corrected chi connectivity index (χ1v) is 9.75. The van der Waals surface area contributed by atoms with Gasteiger partial charge in [-0.3, -0.25) is 4.79 Å². The van der Waals surface area contributed by atoms with E-state index in [9.17, 15) is 9.90 Å². The number of ether oxygens (including phenoxy) is 1. The summed E-state index contributed by atoms with van der Waals surface area (Å²) in [5, 5.41) is 17.6. The summed E-state index contributed by atoms with van der Waals surface area (Å²) in [6.07, 6.45) is 7.94. The van der Waals surface area contributed by atoms with Crippen LogP contribution in [0.25, 0.3) is 5.69 Å². The van der Waals surface area contributed by atoms with Crippen molar-refractivity contribution < 1.29 is 14.6 Å². The predicted molar refractivity (Wildman–Crippen MR) is 100.0 cm³/mol. The van der Waals surface area contributed by atoms with Crippen LogP contribution in [0.4, 0.5) is 0 Å². The number of carbonyl (C=O) groups is 1. The van der Waals surface area contributed by atoms with Crippen LogP contribution in [0.15, 0.2) is 36.7 Å². The lowest BCUT2D eigenvalue weighted by Crippen LogP contribution is -2.77. The van der Waals surface area contributed by atoms with E-state index in [1.807, 2.05) is 35.1 Å². The molecule has 1 aromatic heterocycles. The zero-order valence-corrected chi connectivity index (χ0v) is 15.7. The molecule has 0 spiro atoms. The highest BCUT2D eigenvalue weighted by Crippen LogP contribution is 2.67. The van der Waals surface area contributed by atoms with E-state index in [-0.39, 0.29) is 35.7 Å². The Morgan fingerprint density at radius 1 is 1.30 bits per heavy atom. The molecule has 142 valence electrons. The molecule has 27 heavy (non-hydrogen) atoms. The number of amides is 1. The van der Waals surface area contributed by atoms with Gasteiger partial charge in [-0.05, 0) is 61.9 Å². The average Bonchev–Trinajstić information content (AvgIpc) is 3.03. The van der Waals surface area contributed by atoms with Gasteiger partial charge in [0.1, 0.15) is 6.61 Å². The van der Waals surface area contributed by atoms with E-state index in [0.29, 0.717) is 17.9 Å². The Kier molecular flexibility index (Phi) is 3.86. The van der Waals surface area contributed by atoms with Gasteiger partial charge in [-0.1, -0.05) is 11.6 Å². The number of hydrogen-bond donors (Lipinski definition) is 2. The maximum absolute atomic E-state index is 12.1. The molecule has 6 rings (SSSR count). The summed E-state index contributed by atoms with van der Waals surface area (Å²) in [6, 6.07) is 7.61. The second-order valence-corrected chi connectivity index (χ2v) is 8.78. The summed E-state index contributed by atoms with van der Waals surface area (Å²) < 4.78 is 7.39. The smallest absolute Gasteiger partial charge is 0.246 e. The number of aliphatic hydroxyl groups is 1. The number of hydrogen-bond acceptors (Lipinski definition) is 4. The minimum atomic E-state index is -0.260. The third kappa shape index (κ3) is 2.96. The second kappa shape index (κ2) is 6.06. The monoisotopic (exact) mass is 387 g/mol. The largest absolute Gasteiger partial charge is 0.393 e. The second-order valence-electron chi connectivity index (χ2n) is 8.35.